The molecule has 11 heavy (non-hydrogen) atoms. The molecule has 0 heterocycles. The minimum Gasteiger partial charge on any atom is -0.370 e. The van der Waals surface area contributed by atoms with Gasteiger partial charge in [-0.15, -0.1) is 0 Å². The number of hydrogen-bond acceptors (Lipinski definition) is 2. The minimum atomic E-state index is 0.172. The quantitative estimate of drug-likeness (QED) is 0.293. The van der Waals surface area contributed by atoms with Gasteiger partial charge in [0.15, 0.2) is 5.96 Å². The summed E-state index contributed by atoms with van der Waals surface area (Å²) < 4.78 is 0. The number of nitrogens with zero attached hydrogens (tertiary/aromatic N) is 1. The fourth-order valence-corrected chi connectivity index (χ4v) is 0.786. The van der Waals surface area contributed by atoms with E-state index in [9.17, 15) is 0 Å². The third kappa shape index (κ3) is 9.23. The summed E-state index contributed by atoms with van der Waals surface area (Å²) in [5.74, 6) is 0.172. The van der Waals surface area contributed by atoms with Gasteiger partial charge < -0.3 is 17.2 Å². The molecular weight excluding hydrogens is 140 g/mol. The zero-order chi connectivity index (χ0) is 8.69. The normalized spacial score (nSPS) is 12.5. The molecule has 0 saturated carbocycles. The van der Waals surface area contributed by atoms with Gasteiger partial charge in [-0.2, -0.15) is 0 Å². The molecular formula is C7H18N4. The number of unbranched alkanes of at least 4 members (excludes halogenated alkanes) is 1. The first-order chi connectivity index (χ1) is 5.13. The van der Waals surface area contributed by atoms with Crippen LogP contribution in [0.15, 0.2) is 4.99 Å². The molecule has 0 aliphatic carbocycles. The van der Waals surface area contributed by atoms with Gasteiger partial charge in [0.2, 0.25) is 0 Å². The Morgan fingerprint density at radius 3 is 2.45 bits per heavy atom. The molecule has 6 N–H and O–H groups in total. The van der Waals surface area contributed by atoms with Crippen LogP contribution in [0.4, 0.5) is 0 Å². The highest BCUT2D eigenvalue weighted by atomic mass is 15.0. The number of guanidine groups is 1. The van der Waals surface area contributed by atoms with E-state index in [0.717, 1.165) is 25.8 Å². The predicted octanol–water partition coefficient (Wildman–Crippen LogP) is -0.223. The Labute approximate surface area is 67.8 Å². The summed E-state index contributed by atoms with van der Waals surface area (Å²) in [7, 11) is 0. The van der Waals surface area contributed by atoms with Crippen LogP contribution in [-0.4, -0.2) is 18.5 Å². The van der Waals surface area contributed by atoms with Crippen LogP contribution >= 0.6 is 0 Å². The van der Waals surface area contributed by atoms with E-state index in [-0.39, 0.29) is 12.0 Å². The van der Waals surface area contributed by atoms with Gasteiger partial charge in [-0.25, -0.2) is 0 Å². The maximum atomic E-state index is 5.55. The number of nitrogens with two attached hydrogens (primary N) is 3. The Hall–Kier alpha value is -0.770. The predicted molar refractivity (Wildman–Crippen MR) is 48.2 cm³/mol. The van der Waals surface area contributed by atoms with Crippen molar-refractivity contribution < 1.29 is 0 Å². The number of rotatable bonds is 5. The summed E-state index contributed by atoms with van der Waals surface area (Å²) >= 11 is 0. The third-order valence-corrected chi connectivity index (χ3v) is 1.36. The molecule has 0 unspecified atom stereocenters. The summed E-state index contributed by atoms with van der Waals surface area (Å²) in [6.45, 7) is 2.72. The zero-order valence-corrected chi connectivity index (χ0v) is 7.09. The van der Waals surface area contributed by atoms with Crippen LogP contribution in [0.3, 0.4) is 0 Å². The van der Waals surface area contributed by atoms with Gasteiger partial charge >= 0.3 is 0 Å². The van der Waals surface area contributed by atoms with Crippen molar-refractivity contribution >= 4 is 5.96 Å². The maximum absolute atomic E-state index is 5.55. The Bertz CT molecular complexity index is 116. The molecule has 66 valence electrons. The topological polar surface area (TPSA) is 90.4 Å². The Kier molecular flexibility index (Phi) is 5.56. The van der Waals surface area contributed by atoms with Gasteiger partial charge in [-0.1, -0.05) is 6.42 Å². The smallest absolute Gasteiger partial charge is 0.185 e. The minimum absolute atomic E-state index is 0.172. The molecule has 0 aliphatic heterocycles. The van der Waals surface area contributed by atoms with Crippen LogP contribution in [0, 0.1) is 0 Å². The maximum Gasteiger partial charge on any atom is 0.185 e. The van der Waals surface area contributed by atoms with Crippen molar-refractivity contribution in [3.05, 3.63) is 0 Å². The highest BCUT2D eigenvalue weighted by Gasteiger charge is 1.92. The highest BCUT2D eigenvalue weighted by Crippen LogP contribution is 1.97. The molecule has 1 atom stereocenters. The van der Waals surface area contributed by atoms with E-state index in [4.69, 9.17) is 17.2 Å². The van der Waals surface area contributed by atoms with Crippen LogP contribution < -0.4 is 17.2 Å². The molecule has 4 nitrogen and oxygen atoms in total. The third-order valence-electron chi connectivity index (χ3n) is 1.36. The molecule has 0 aromatic rings. The highest BCUT2D eigenvalue weighted by molar-refractivity contribution is 5.75. The second kappa shape index (κ2) is 5.97. The van der Waals surface area contributed by atoms with Gasteiger partial charge in [0.1, 0.15) is 0 Å². The van der Waals surface area contributed by atoms with Crippen LogP contribution in [0.2, 0.25) is 0 Å². The second-order valence-corrected chi connectivity index (χ2v) is 2.78. The zero-order valence-electron chi connectivity index (χ0n) is 7.09. The Morgan fingerprint density at radius 2 is 2.00 bits per heavy atom. The first-order valence-electron chi connectivity index (χ1n) is 3.94. The lowest BCUT2D eigenvalue weighted by atomic mass is 10.1. The molecule has 0 aromatic carbocycles. The van der Waals surface area contributed by atoms with E-state index < -0.39 is 0 Å². The largest absolute Gasteiger partial charge is 0.370 e. The first-order valence-corrected chi connectivity index (χ1v) is 3.94. The molecule has 0 aromatic heterocycles. The van der Waals surface area contributed by atoms with Gasteiger partial charge in [0, 0.05) is 12.6 Å². The standard InChI is InChI=1S/C7H18N4/c1-6(8)4-2-3-5-11-7(9)10/h6H,2-5,8H2,1H3,(H4,9,10,11)/t6-/m1/s1. The van der Waals surface area contributed by atoms with Gasteiger partial charge in [0.25, 0.3) is 0 Å². The molecule has 0 radical (unpaired) electrons. The molecule has 0 bridgehead atoms. The van der Waals surface area contributed by atoms with Crippen LogP contribution in [-0.2, 0) is 0 Å². The molecule has 0 fully saturated rings. The lowest BCUT2D eigenvalue weighted by Gasteiger charge is -2.02. The monoisotopic (exact) mass is 158 g/mol. The van der Waals surface area contributed by atoms with E-state index in [2.05, 4.69) is 4.99 Å². The molecule has 0 aliphatic rings. The van der Waals surface area contributed by atoms with Gasteiger partial charge in [-0.05, 0) is 19.8 Å². The van der Waals surface area contributed by atoms with Crippen LogP contribution in [0.1, 0.15) is 26.2 Å². The summed E-state index contributed by atoms with van der Waals surface area (Å²) in [6.07, 6.45) is 3.15. The fourth-order valence-electron chi connectivity index (χ4n) is 0.786. The number of hydrogen-bond donors (Lipinski definition) is 3. The van der Waals surface area contributed by atoms with Crippen molar-refractivity contribution in [1.29, 1.82) is 0 Å². The SMILES string of the molecule is C[C@@H](N)CCCCN=C(N)N. The van der Waals surface area contributed by atoms with Crippen molar-refractivity contribution in [3.63, 3.8) is 0 Å². The molecule has 0 rings (SSSR count). The van der Waals surface area contributed by atoms with E-state index in [0.29, 0.717) is 0 Å². The number of aliphatic imine (C=N–C) groups is 1. The molecule has 0 saturated heterocycles. The van der Waals surface area contributed by atoms with E-state index in [1.165, 1.54) is 0 Å². The average molecular weight is 158 g/mol. The Morgan fingerprint density at radius 1 is 1.36 bits per heavy atom. The van der Waals surface area contributed by atoms with Crippen molar-refractivity contribution in [3.8, 4) is 0 Å². The summed E-state index contributed by atoms with van der Waals surface area (Å²) in [6, 6.07) is 0.286. The van der Waals surface area contributed by atoms with E-state index in [1.807, 2.05) is 6.92 Å². The molecule has 0 spiro atoms. The van der Waals surface area contributed by atoms with Crippen LogP contribution in [0.5, 0.6) is 0 Å². The second-order valence-electron chi connectivity index (χ2n) is 2.78. The Balaban J connectivity index is 3.09. The first kappa shape index (κ1) is 10.2. The van der Waals surface area contributed by atoms with Crippen LogP contribution in [0.25, 0.3) is 0 Å². The summed E-state index contributed by atoms with van der Waals surface area (Å²) in [5.41, 5.74) is 15.8. The van der Waals surface area contributed by atoms with E-state index >= 15 is 0 Å². The van der Waals surface area contributed by atoms with Gasteiger partial charge in [-0.3, -0.25) is 4.99 Å². The summed E-state index contributed by atoms with van der Waals surface area (Å²) in [4.78, 5) is 3.85. The van der Waals surface area contributed by atoms with E-state index in [1.54, 1.807) is 0 Å². The lowest BCUT2D eigenvalue weighted by molar-refractivity contribution is 0.602. The molecule has 0 amide bonds. The van der Waals surface area contributed by atoms with Crippen molar-refractivity contribution in [2.24, 2.45) is 22.2 Å². The van der Waals surface area contributed by atoms with Crippen molar-refractivity contribution in [2.45, 2.75) is 32.2 Å². The average Bonchev–Trinajstić information content (AvgIpc) is 1.85. The van der Waals surface area contributed by atoms with Gasteiger partial charge in [0.05, 0.1) is 0 Å². The molecule has 4 heteroatoms. The van der Waals surface area contributed by atoms with Crippen molar-refractivity contribution in [2.75, 3.05) is 6.54 Å². The van der Waals surface area contributed by atoms with Crippen molar-refractivity contribution in [1.82, 2.24) is 0 Å². The fraction of sp³-hybridized carbons (Fsp3) is 0.857. The summed E-state index contributed by atoms with van der Waals surface area (Å²) in [5, 5.41) is 0. The lowest BCUT2D eigenvalue weighted by Crippen LogP contribution is -2.23.